The van der Waals surface area contributed by atoms with Crippen molar-refractivity contribution in [3.05, 3.63) is 29.1 Å². The standard InChI is InChI=1S/C15H18N2O2S/c1-9-15(2,5-6-19-9)17-14(18)13-8-10-7-11(16)3-4-12(10)20-13/h3-4,7-9H,5-6,16H2,1-2H3,(H,17,18). The number of hydrogen-bond acceptors (Lipinski definition) is 4. The smallest absolute Gasteiger partial charge is 0.261 e. The maximum absolute atomic E-state index is 12.4. The van der Waals surface area contributed by atoms with Gasteiger partial charge in [0.1, 0.15) is 0 Å². The number of carbonyl (C=O) groups is 1. The molecule has 1 aliphatic rings. The first-order valence-corrected chi connectivity index (χ1v) is 7.53. The van der Waals surface area contributed by atoms with Crippen molar-refractivity contribution in [2.75, 3.05) is 12.3 Å². The summed E-state index contributed by atoms with van der Waals surface area (Å²) in [5.74, 6) is -0.0374. The van der Waals surface area contributed by atoms with Crippen molar-refractivity contribution in [1.29, 1.82) is 0 Å². The van der Waals surface area contributed by atoms with Crippen LogP contribution in [0.2, 0.25) is 0 Å². The van der Waals surface area contributed by atoms with Crippen LogP contribution in [0.3, 0.4) is 0 Å². The highest BCUT2D eigenvalue weighted by Crippen LogP contribution is 2.29. The molecule has 2 atom stereocenters. The summed E-state index contributed by atoms with van der Waals surface area (Å²) < 4.78 is 6.63. The molecule has 0 radical (unpaired) electrons. The van der Waals surface area contributed by atoms with Gasteiger partial charge in [0.25, 0.3) is 5.91 Å². The van der Waals surface area contributed by atoms with Gasteiger partial charge in [-0.1, -0.05) is 0 Å². The van der Waals surface area contributed by atoms with E-state index in [0.29, 0.717) is 17.2 Å². The summed E-state index contributed by atoms with van der Waals surface area (Å²) in [5, 5.41) is 4.13. The molecule has 1 aromatic heterocycles. The van der Waals surface area contributed by atoms with Crippen molar-refractivity contribution in [3.63, 3.8) is 0 Å². The van der Waals surface area contributed by atoms with E-state index >= 15 is 0 Å². The van der Waals surface area contributed by atoms with Gasteiger partial charge in [0, 0.05) is 17.0 Å². The number of hydrogen-bond donors (Lipinski definition) is 2. The van der Waals surface area contributed by atoms with Crippen LogP contribution in [-0.4, -0.2) is 24.2 Å². The molecule has 0 aliphatic carbocycles. The predicted octanol–water partition coefficient (Wildman–Crippen LogP) is 2.78. The molecule has 2 aromatic rings. The molecule has 3 N–H and O–H groups in total. The molecule has 106 valence electrons. The summed E-state index contributed by atoms with van der Waals surface area (Å²) in [4.78, 5) is 13.1. The molecule has 1 fully saturated rings. The topological polar surface area (TPSA) is 64.3 Å². The van der Waals surface area contributed by atoms with Crippen molar-refractivity contribution >= 4 is 33.0 Å². The second-order valence-corrected chi connectivity index (χ2v) is 6.63. The molecule has 1 aliphatic heterocycles. The monoisotopic (exact) mass is 290 g/mol. The number of rotatable bonds is 2. The van der Waals surface area contributed by atoms with Crippen molar-refractivity contribution in [1.82, 2.24) is 5.32 Å². The quantitative estimate of drug-likeness (QED) is 0.836. The van der Waals surface area contributed by atoms with Gasteiger partial charge in [-0.05, 0) is 49.9 Å². The van der Waals surface area contributed by atoms with Gasteiger partial charge in [0.2, 0.25) is 0 Å². The maximum Gasteiger partial charge on any atom is 0.261 e. The van der Waals surface area contributed by atoms with Crippen LogP contribution in [0.15, 0.2) is 24.3 Å². The highest BCUT2D eigenvalue weighted by atomic mass is 32.1. The van der Waals surface area contributed by atoms with Crippen LogP contribution in [0.1, 0.15) is 29.9 Å². The van der Waals surface area contributed by atoms with E-state index in [1.807, 2.05) is 38.1 Å². The molecule has 5 heteroatoms. The third kappa shape index (κ3) is 2.27. The number of thiophene rings is 1. The molecule has 3 rings (SSSR count). The fourth-order valence-corrected chi connectivity index (χ4v) is 3.43. The Morgan fingerprint density at radius 1 is 1.50 bits per heavy atom. The zero-order valence-corrected chi connectivity index (χ0v) is 12.4. The first-order valence-electron chi connectivity index (χ1n) is 6.71. The number of anilines is 1. The third-order valence-electron chi connectivity index (χ3n) is 4.05. The van der Waals surface area contributed by atoms with Gasteiger partial charge in [-0.15, -0.1) is 11.3 Å². The van der Waals surface area contributed by atoms with Crippen molar-refractivity contribution in [3.8, 4) is 0 Å². The van der Waals surface area contributed by atoms with E-state index in [-0.39, 0.29) is 17.6 Å². The summed E-state index contributed by atoms with van der Waals surface area (Å²) in [6.07, 6.45) is 0.883. The number of fused-ring (bicyclic) bond motifs is 1. The van der Waals surface area contributed by atoms with Gasteiger partial charge in [-0.25, -0.2) is 0 Å². The summed E-state index contributed by atoms with van der Waals surface area (Å²) in [6, 6.07) is 7.60. The van der Waals surface area contributed by atoms with Gasteiger partial charge in [0.15, 0.2) is 0 Å². The van der Waals surface area contributed by atoms with E-state index in [9.17, 15) is 4.79 Å². The molecule has 2 unspecified atom stereocenters. The largest absolute Gasteiger partial charge is 0.399 e. The molecule has 1 amide bonds. The average Bonchev–Trinajstić information content (AvgIpc) is 2.94. The van der Waals surface area contributed by atoms with E-state index in [1.165, 1.54) is 11.3 Å². The molecule has 0 saturated carbocycles. The van der Waals surface area contributed by atoms with E-state index in [2.05, 4.69) is 5.32 Å². The molecular formula is C15H18N2O2S. The van der Waals surface area contributed by atoms with Crippen LogP contribution >= 0.6 is 11.3 Å². The van der Waals surface area contributed by atoms with E-state index in [0.717, 1.165) is 16.5 Å². The summed E-state index contributed by atoms with van der Waals surface area (Å²) in [7, 11) is 0. The molecule has 20 heavy (non-hydrogen) atoms. The Morgan fingerprint density at radius 3 is 3.00 bits per heavy atom. The summed E-state index contributed by atoms with van der Waals surface area (Å²) >= 11 is 1.49. The van der Waals surface area contributed by atoms with Gasteiger partial charge >= 0.3 is 0 Å². The molecule has 1 saturated heterocycles. The normalized spacial score (nSPS) is 26.0. The van der Waals surface area contributed by atoms with Crippen molar-refractivity contribution < 1.29 is 9.53 Å². The molecule has 4 nitrogen and oxygen atoms in total. The molecule has 2 heterocycles. The average molecular weight is 290 g/mol. The van der Waals surface area contributed by atoms with Crippen LogP contribution in [0, 0.1) is 0 Å². The Hall–Kier alpha value is -1.59. The van der Waals surface area contributed by atoms with Gasteiger partial charge in [0.05, 0.1) is 16.5 Å². The van der Waals surface area contributed by atoms with Crippen molar-refractivity contribution in [2.45, 2.75) is 31.9 Å². The van der Waals surface area contributed by atoms with E-state index in [1.54, 1.807) is 0 Å². The number of carbonyl (C=O) groups excluding carboxylic acids is 1. The van der Waals surface area contributed by atoms with Crippen LogP contribution < -0.4 is 11.1 Å². The number of benzene rings is 1. The second-order valence-electron chi connectivity index (χ2n) is 5.54. The lowest BCUT2D eigenvalue weighted by Crippen LogP contribution is -2.50. The lowest BCUT2D eigenvalue weighted by Gasteiger charge is -2.28. The molecule has 0 spiro atoms. The Morgan fingerprint density at radius 2 is 2.30 bits per heavy atom. The first kappa shape index (κ1) is 13.4. The van der Waals surface area contributed by atoms with Crippen LogP contribution in [0.5, 0.6) is 0 Å². The van der Waals surface area contributed by atoms with Crippen molar-refractivity contribution in [2.24, 2.45) is 0 Å². The Kier molecular flexibility index (Phi) is 3.18. The van der Waals surface area contributed by atoms with Crippen LogP contribution in [0.25, 0.3) is 10.1 Å². The Labute approximate surface area is 121 Å². The summed E-state index contributed by atoms with van der Waals surface area (Å²) in [5.41, 5.74) is 6.20. The zero-order chi connectivity index (χ0) is 14.3. The van der Waals surface area contributed by atoms with Crippen LogP contribution in [-0.2, 0) is 4.74 Å². The fourth-order valence-electron chi connectivity index (χ4n) is 2.49. The highest BCUT2D eigenvalue weighted by molar-refractivity contribution is 7.20. The third-order valence-corrected chi connectivity index (χ3v) is 5.16. The lowest BCUT2D eigenvalue weighted by atomic mass is 9.94. The summed E-state index contributed by atoms with van der Waals surface area (Å²) in [6.45, 7) is 4.73. The first-order chi connectivity index (χ1) is 9.48. The minimum Gasteiger partial charge on any atom is -0.399 e. The SMILES string of the molecule is CC1OCCC1(C)NC(=O)c1cc2cc(N)ccc2s1. The number of ether oxygens (including phenoxy) is 1. The number of nitrogen functional groups attached to an aromatic ring is 1. The Balaban J connectivity index is 1.85. The zero-order valence-electron chi connectivity index (χ0n) is 11.6. The van der Waals surface area contributed by atoms with Gasteiger partial charge in [-0.2, -0.15) is 0 Å². The van der Waals surface area contributed by atoms with Gasteiger partial charge in [-0.3, -0.25) is 4.79 Å². The number of nitrogens with two attached hydrogens (primary N) is 1. The van der Waals surface area contributed by atoms with E-state index in [4.69, 9.17) is 10.5 Å². The van der Waals surface area contributed by atoms with Crippen LogP contribution in [0.4, 0.5) is 5.69 Å². The Bertz CT molecular complexity index is 667. The highest BCUT2D eigenvalue weighted by Gasteiger charge is 2.38. The molecule has 0 bridgehead atoms. The minimum absolute atomic E-state index is 0.0374. The minimum atomic E-state index is -0.285. The predicted molar refractivity (Wildman–Crippen MR) is 82.1 cm³/mol. The maximum atomic E-state index is 12.4. The fraction of sp³-hybridized carbons (Fsp3) is 0.400. The lowest BCUT2D eigenvalue weighted by molar-refractivity contribution is 0.0730. The molecular weight excluding hydrogens is 272 g/mol. The number of nitrogens with one attached hydrogen (secondary N) is 1. The number of amides is 1. The second kappa shape index (κ2) is 4.75. The van der Waals surface area contributed by atoms with E-state index < -0.39 is 0 Å². The molecule has 1 aromatic carbocycles. The van der Waals surface area contributed by atoms with Gasteiger partial charge < -0.3 is 15.8 Å².